The Balaban J connectivity index is 2.41. The highest BCUT2D eigenvalue weighted by Gasteiger charge is 2.43. The molecule has 1 atom stereocenters. The van der Waals surface area contributed by atoms with Crippen molar-refractivity contribution in [3.8, 4) is 0 Å². The monoisotopic (exact) mass is 296 g/mol. The molecule has 1 fully saturated rings. The zero-order chi connectivity index (χ0) is 15.5. The van der Waals surface area contributed by atoms with E-state index in [1.165, 1.54) is 25.0 Å². The number of benzene rings is 1. The zero-order valence-electron chi connectivity index (χ0n) is 13.3. The molecule has 2 rings (SSSR count). The minimum atomic E-state index is -0.500. The summed E-state index contributed by atoms with van der Waals surface area (Å²) >= 11 is 0. The second-order valence-corrected chi connectivity index (χ2v) is 6.30. The number of hydrogen-bond donors (Lipinski definition) is 1. The third-order valence-corrected chi connectivity index (χ3v) is 4.71. The summed E-state index contributed by atoms with van der Waals surface area (Å²) in [6.45, 7) is 2.95. The summed E-state index contributed by atoms with van der Waals surface area (Å²) in [5, 5.41) is 3.53. The van der Waals surface area contributed by atoms with Crippen LogP contribution in [0.2, 0.25) is 0 Å². The first kappa shape index (κ1) is 16.4. The molecule has 1 aromatic carbocycles. The number of nitrogens with one attached hydrogen (secondary N) is 1. The Kier molecular flexibility index (Phi) is 5.33. The van der Waals surface area contributed by atoms with E-state index >= 15 is 0 Å². The van der Waals surface area contributed by atoms with E-state index in [4.69, 9.17) is 0 Å². The zero-order valence-corrected chi connectivity index (χ0v) is 13.3. The van der Waals surface area contributed by atoms with Crippen molar-refractivity contribution in [1.29, 1.82) is 0 Å². The van der Waals surface area contributed by atoms with E-state index in [2.05, 4.69) is 31.2 Å². The Morgan fingerprint density at radius 1 is 1.14 bits per heavy atom. The SMILES string of the molecule is CCCNC(c1cc(F)cc(F)c1)C1(N(C)C)CCCC1. The first-order chi connectivity index (χ1) is 9.99. The quantitative estimate of drug-likeness (QED) is 0.857. The molecule has 1 aromatic rings. The van der Waals surface area contributed by atoms with Gasteiger partial charge >= 0.3 is 0 Å². The average molecular weight is 296 g/mol. The molecule has 0 spiro atoms. The molecule has 2 nitrogen and oxygen atoms in total. The first-order valence-corrected chi connectivity index (χ1v) is 7.86. The van der Waals surface area contributed by atoms with Gasteiger partial charge in [0.1, 0.15) is 11.6 Å². The van der Waals surface area contributed by atoms with Crippen LogP contribution in [0.25, 0.3) is 0 Å². The molecule has 1 aliphatic rings. The largest absolute Gasteiger partial charge is 0.308 e. The van der Waals surface area contributed by atoms with Crippen molar-refractivity contribution in [3.05, 3.63) is 35.4 Å². The standard InChI is InChI=1S/C17H26F2N2/c1-4-9-20-16(13-10-14(18)12-15(19)11-13)17(21(2)3)7-5-6-8-17/h10-12,16,20H,4-9H2,1-3H3. The van der Waals surface area contributed by atoms with E-state index in [0.29, 0.717) is 0 Å². The summed E-state index contributed by atoms with van der Waals surface area (Å²) in [7, 11) is 4.14. The second kappa shape index (κ2) is 6.84. The smallest absolute Gasteiger partial charge is 0.126 e. The van der Waals surface area contributed by atoms with Gasteiger partial charge in [0.25, 0.3) is 0 Å². The summed E-state index contributed by atoms with van der Waals surface area (Å²) < 4.78 is 27.3. The van der Waals surface area contributed by atoms with Crippen molar-refractivity contribution in [2.45, 2.75) is 50.6 Å². The molecule has 4 heteroatoms. The highest BCUT2D eigenvalue weighted by Crippen LogP contribution is 2.43. The predicted molar refractivity (Wildman–Crippen MR) is 82.3 cm³/mol. The lowest BCUT2D eigenvalue weighted by molar-refractivity contribution is 0.104. The summed E-state index contributed by atoms with van der Waals surface area (Å²) in [6.07, 6.45) is 5.44. The van der Waals surface area contributed by atoms with Crippen LogP contribution < -0.4 is 5.32 Å². The van der Waals surface area contributed by atoms with Crippen LogP contribution in [0.3, 0.4) is 0 Å². The van der Waals surface area contributed by atoms with Crippen LogP contribution in [0, 0.1) is 11.6 Å². The van der Waals surface area contributed by atoms with E-state index in [-0.39, 0.29) is 11.6 Å². The third kappa shape index (κ3) is 3.43. The van der Waals surface area contributed by atoms with Gasteiger partial charge in [0.05, 0.1) is 6.04 Å². The highest BCUT2D eigenvalue weighted by molar-refractivity contribution is 5.26. The van der Waals surface area contributed by atoms with Gasteiger partial charge in [-0.2, -0.15) is 0 Å². The van der Waals surface area contributed by atoms with Gasteiger partial charge in [0.2, 0.25) is 0 Å². The van der Waals surface area contributed by atoms with Gasteiger partial charge in [-0.15, -0.1) is 0 Å². The van der Waals surface area contributed by atoms with Gasteiger partial charge in [-0.3, -0.25) is 0 Å². The number of rotatable bonds is 6. The Morgan fingerprint density at radius 3 is 2.19 bits per heavy atom. The number of nitrogens with zero attached hydrogens (tertiary/aromatic N) is 1. The fourth-order valence-electron chi connectivity index (χ4n) is 3.63. The van der Waals surface area contributed by atoms with Crippen LogP contribution in [0.4, 0.5) is 8.78 Å². The van der Waals surface area contributed by atoms with E-state index < -0.39 is 11.6 Å². The normalized spacial score (nSPS) is 19.1. The predicted octanol–water partition coefficient (Wildman–Crippen LogP) is 3.88. The van der Waals surface area contributed by atoms with Crippen LogP contribution in [-0.4, -0.2) is 31.1 Å². The highest BCUT2D eigenvalue weighted by atomic mass is 19.1. The Bertz CT molecular complexity index is 448. The van der Waals surface area contributed by atoms with E-state index in [1.807, 2.05) is 0 Å². The number of halogens is 2. The van der Waals surface area contributed by atoms with Gasteiger partial charge in [0.15, 0.2) is 0 Å². The molecule has 0 amide bonds. The molecular formula is C17H26F2N2. The minimum absolute atomic E-state index is 0.0415. The first-order valence-electron chi connectivity index (χ1n) is 7.86. The molecule has 0 bridgehead atoms. The molecule has 21 heavy (non-hydrogen) atoms. The van der Waals surface area contributed by atoms with Gasteiger partial charge in [0, 0.05) is 11.6 Å². The molecule has 0 aromatic heterocycles. The van der Waals surface area contributed by atoms with Crippen LogP contribution in [-0.2, 0) is 0 Å². The summed E-state index contributed by atoms with van der Waals surface area (Å²) in [4.78, 5) is 2.23. The lowest BCUT2D eigenvalue weighted by atomic mass is 9.82. The van der Waals surface area contributed by atoms with Crippen molar-refractivity contribution in [2.75, 3.05) is 20.6 Å². The molecule has 0 radical (unpaired) electrons. The number of hydrogen-bond acceptors (Lipinski definition) is 2. The maximum Gasteiger partial charge on any atom is 0.126 e. The lowest BCUT2D eigenvalue weighted by Crippen LogP contribution is -2.52. The molecule has 1 N–H and O–H groups in total. The Morgan fingerprint density at radius 2 is 1.71 bits per heavy atom. The molecule has 0 aliphatic heterocycles. The molecule has 0 heterocycles. The molecule has 1 aliphatic carbocycles. The third-order valence-electron chi connectivity index (χ3n) is 4.71. The molecule has 1 unspecified atom stereocenters. The maximum atomic E-state index is 13.6. The van der Waals surface area contributed by atoms with Gasteiger partial charge in [-0.1, -0.05) is 19.8 Å². The summed E-state index contributed by atoms with van der Waals surface area (Å²) in [5.74, 6) is -1.000. The van der Waals surface area contributed by atoms with E-state index in [1.54, 1.807) is 0 Å². The van der Waals surface area contributed by atoms with Crippen molar-refractivity contribution in [2.24, 2.45) is 0 Å². The van der Waals surface area contributed by atoms with Crippen molar-refractivity contribution in [1.82, 2.24) is 10.2 Å². The average Bonchev–Trinajstić information content (AvgIpc) is 2.89. The Labute approximate surface area is 126 Å². The topological polar surface area (TPSA) is 15.3 Å². The van der Waals surface area contributed by atoms with Crippen molar-refractivity contribution in [3.63, 3.8) is 0 Å². The van der Waals surface area contributed by atoms with Gasteiger partial charge in [-0.25, -0.2) is 8.78 Å². The Hall–Kier alpha value is -1.00. The van der Waals surface area contributed by atoms with Gasteiger partial charge in [-0.05, 0) is 57.6 Å². The molecule has 1 saturated carbocycles. The van der Waals surface area contributed by atoms with Crippen LogP contribution >= 0.6 is 0 Å². The van der Waals surface area contributed by atoms with Gasteiger partial charge < -0.3 is 10.2 Å². The van der Waals surface area contributed by atoms with Crippen LogP contribution in [0.1, 0.15) is 50.6 Å². The van der Waals surface area contributed by atoms with Crippen LogP contribution in [0.5, 0.6) is 0 Å². The van der Waals surface area contributed by atoms with Crippen molar-refractivity contribution < 1.29 is 8.78 Å². The maximum absolute atomic E-state index is 13.6. The fourth-order valence-corrected chi connectivity index (χ4v) is 3.63. The van der Waals surface area contributed by atoms with E-state index in [9.17, 15) is 8.78 Å². The fraction of sp³-hybridized carbons (Fsp3) is 0.647. The minimum Gasteiger partial charge on any atom is -0.308 e. The van der Waals surface area contributed by atoms with Crippen molar-refractivity contribution >= 4 is 0 Å². The lowest BCUT2D eigenvalue weighted by Gasteiger charge is -2.44. The number of likely N-dealkylation sites (N-methyl/N-ethyl adjacent to an activating group) is 1. The van der Waals surface area contributed by atoms with E-state index in [0.717, 1.165) is 37.4 Å². The van der Waals surface area contributed by atoms with Crippen LogP contribution in [0.15, 0.2) is 18.2 Å². The second-order valence-electron chi connectivity index (χ2n) is 6.30. The molecule has 118 valence electrons. The summed E-state index contributed by atoms with van der Waals surface area (Å²) in [5.41, 5.74) is 0.659. The molecular weight excluding hydrogens is 270 g/mol. The molecule has 0 saturated heterocycles. The summed E-state index contributed by atoms with van der Waals surface area (Å²) in [6, 6.07) is 3.84.